The summed E-state index contributed by atoms with van der Waals surface area (Å²) in [5.41, 5.74) is 6.99. The quantitative estimate of drug-likeness (QED) is 0.875. The maximum Gasteiger partial charge on any atom is 0.242 e. The average Bonchev–Trinajstić information content (AvgIpc) is 2.35. The second-order valence-electron chi connectivity index (χ2n) is 5.34. The summed E-state index contributed by atoms with van der Waals surface area (Å²) in [6, 6.07) is 6.92. The van der Waals surface area contributed by atoms with E-state index in [1.807, 2.05) is 20.8 Å². The highest BCUT2D eigenvalue weighted by molar-refractivity contribution is 7.89. The summed E-state index contributed by atoms with van der Waals surface area (Å²) in [4.78, 5) is 0.332. The van der Waals surface area contributed by atoms with E-state index in [4.69, 9.17) is 5.73 Å². The second kappa shape index (κ2) is 7.98. The molecule has 0 fully saturated rings. The van der Waals surface area contributed by atoms with Crippen molar-refractivity contribution in [2.75, 3.05) is 13.6 Å². The first kappa shape index (κ1) is 19.4. The van der Waals surface area contributed by atoms with Crippen LogP contribution in [0.3, 0.4) is 0 Å². The van der Waals surface area contributed by atoms with Crippen molar-refractivity contribution in [1.29, 1.82) is 0 Å². The van der Waals surface area contributed by atoms with Gasteiger partial charge < -0.3 is 5.73 Å². The zero-order valence-corrected chi connectivity index (χ0v) is 14.2. The van der Waals surface area contributed by atoms with Crippen LogP contribution >= 0.6 is 12.4 Å². The van der Waals surface area contributed by atoms with Gasteiger partial charge in [-0.1, -0.05) is 31.5 Å². The van der Waals surface area contributed by atoms with Gasteiger partial charge in [0.25, 0.3) is 0 Å². The maximum atomic E-state index is 12.3. The molecule has 1 unspecified atom stereocenters. The molecule has 1 atom stereocenters. The fraction of sp³-hybridized carbons (Fsp3) is 0.571. The van der Waals surface area contributed by atoms with E-state index in [2.05, 4.69) is 0 Å². The molecule has 0 aliphatic heterocycles. The van der Waals surface area contributed by atoms with Crippen LogP contribution in [0.25, 0.3) is 0 Å². The Labute approximate surface area is 128 Å². The fourth-order valence-corrected chi connectivity index (χ4v) is 2.86. The summed E-state index contributed by atoms with van der Waals surface area (Å²) in [6.07, 6.45) is 0.666. The van der Waals surface area contributed by atoms with Crippen LogP contribution in [0.5, 0.6) is 0 Å². The van der Waals surface area contributed by atoms with Gasteiger partial charge in [-0.25, -0.2) is 12.7 Å². The van der Waals surface area contributed by atoms with Gasteiger partial charge in [0.15, 0.2) is 0 Å². The van der Waals surface area contributed by atoms with Crippen LogP contribution in [0.1, 0.15) is 25.8 Å². The minimum absolute atomic E-state index is 0. The van der Waals surface area contributed by atoms with Gasteiger partial charge in [0.2, 0.25) is 10.0 Å². The van der Waals surface area contributed by atoms with E-state index in [0.717, 1.165) is 5.56 Å². The molecule has 6 heteroatoms. The maximum absolute atomic E-state index is 12.3. The van der Waals surface area contributed by atoms with Crippen molar-refractivity contribution in [3.8, 4) is 0 Å². The Morgan fingerprint density at radius 3 is 2.15 bits per heavy atom. The van der Waals surface area contributed by atoms with Crippen LogP contribution in [0.2, 0.25) is 0 Å². The Morgan fingerprint density at radius 1 is 1.20 bits per heavy atom. The van der Waals surface area contributed by atoms with Crippen molar-refractivity contribution in [2.45, 2.75) is 38.1 Å². The van der Waals surface area contributed by atoms with E-state index in [-0.39, 0.29) is 18.4 Å². The monoisotopic (exact) mass is 320 g/mol. The Balaban J connectivity index is 0.00000361. The van der Waals surface area contributed by atoms with Crippen LogP contribution in [0.4, 0.5) is 0 Å². The van der Waals surface area contributed by atoms with Crippen molar-refractivity contribution in [1.82, 2.24) is 4.31 Å². The Bertz CT molecular complexity index is 500. The topological polar surface area (TPSA) is 63.4 Å². The highest BCUT2D eigenvalue weighted by atomic mass is 35.5. The van der Waals surface area contributed by atoms with E-state index in [1.165, 1.54) is 4.31 Å². The van der Waals surface area contributed by atoms with E-state index in [0.29, 0.717) is 23.8 Å². The van der Waals surface area contributed by atoms with E-state index < -0.39 is 10.0 Å². The van der Waals surface area contributed by atoms with Crippen LogP contribution in [-0.2, 0) is 10.0 Å². The summed E-state index contributed by atoms with van der Waals surface area (Å²) >= 11 is 0. The molecular weight excluding hydrogens is 296 g/mol. The number of halogens is 1. The summed E-state index contributed by atoms with van der Waals surface area (Å²) in [5.74, 6) is 0.357. The summed E-state index contributed by atoms with van der Waals surface area (Å²) in [6.45, 7) is 6.45. The molecular formula is C14H25ClN2O2S. The van der Waals surface area contributed by atoms with Crippen LogP contribution in [-0.4, -0.2) is 32.4 Å². The highest BCUT2D eigenvalue weighted by Gasteiger charge is 2.21. The Hall–Kier alpha value is -0.620. The summed E-state index contributed by atoms with van der Waals surface area (Å²) in [7, 11) is -1.80. The highest BCUT2D eigenvalue weighted by Crippen LogP contribution is 2.16. The van der Waals surface area contributed by atoms with Gasteiger partial charge in [-0.15, -0.1) is 12.4 Å². The number of sulfonamides is 1. The molecule has 1 aromatic rings. The van der Waals surface area contributed by atoms with Crippen molar-refractivity contribution in [3.63, 3.8) is 0 Å². The lowest BCUT2D eigenvalue weighted by Crippen LogP contribution is -2.34. The molecule has 1 rings (SSSR count). The predicted molar refractivity (Wildman–Crippen MR) is 85.7 cm³/mol. The number of rotatable bonds is 6. The minimum atomic E-state index is -3.40. The first-order valence-corrected chi connectivity index (χ1v) is 7.97. The number of hydrogen-bond donors (Lipinski definition) is 1. The van der Waals surface area contributed by atoms with E-state index in [1.54, 1.807) is 31.3 Å². The van der Waals surface area contributed by atoms with Crippen LogP contribution in [0.15, 0.2) is 29.2 Å². The fourth-order valence-electron chi connectivity index (χ4n) is 1.67. The van der Waals surface area contributed by atoms with E-state index >= 15 is 0 Å². The lowest BCUT2D eigenvalue weighted by Gasteiger charge is -2.21. The molecule has 0 saturated heterocycles. The molecule has 0 bridgehead atoms. The summed E-state index contributed by atoms with van der Waals surface area (Å²) < 4.78 is 26.0. The van der Waals surface area contributed by atoms with Gasteiger partial charge in [-0.05, 0) is 31.4 Å². The van der Waals surface area contributed by atoms with Gasteiger partial charge in [0.05, 0.1) is 4.90 Å². The molecule has 0 heterocycles. The number of nitrogens with two attached hydrogens (primary N) is 1. The normalized spacial score (nSPS) is 13.3. The molecule has 0 amide bonds. The third-order valence-electron chi connectivity index (χ3n) is 3.36. The molecule has 0 radical (unpaired) electrons. The lowest BCUT2D eigenvalue weighted by atomic mass is 10.0. The first-order chi connectivity index (χ1) is 8.75. The number of nitrogens with zero attached hydrogens (tertiary/aromatic N) is 1. The van der Waals surface area contributed by atoms with Crippen molar-refractivity contribution < 1.29 is 8.42 Å². The third kappa shape index (κ3) is 5.05. The van der Waals surface area contributed by atoms with E-state index in [9.17, 15) is 8.42 Å². The first-order valence-electron chi connectivity index (χ1n) is 6.53. The minimum Gasteiger partial charge on any atom is -0.327 e. The lowest BCUT2D eigenvalue weighted by molar-refractivity contribution is 0.397. The molecule has 0 spiro atoms. The Kier molecular flexibility index (Phi) is 7.73. The zero-order valence-electron chi connectivity index (χ0n) is 12.5. The number of hydrogen-bond acceptors (Lipinski definition) is 3. The van der Waals surface area contributed by atoms with Crippen LogP contribution < -0.4 is 5.73 Å². The molecule has 0 saturated carbocycles. The predicted octanol–water partition coefficient (Wildman–Crippen LogP) is 2.41. The number of benzene rings is 1. The van der Waals surface area contributed by atoms with Gasteiger partial charge in [0.1, 0.15) is 0 Å². The number of aryl methyl sites for hydroxylation is 1. The Morgan fingerprint density at radius 2 is 1.70 bits per heavy atom. The summed E-state index contributed by atoms with van der Waals surface area (Å²) in [5, 5.41) is 0. The molecule has 0 aromatic heterocycles. The SMILES string of the molecule is Cc1ccc(S(=O)(=O)N(C)CCC(N)C(C)C)cc1.Cl. The van der Waals surface area contributed by atoms with Gasteiger partial charge in [-0.3, -0.25) is 0 Å². The smallest absolute Gasteiger partial charge is 0.242 e. The molecule has 0 aliphatic carbocycles. The molecule has 0 aliphatic rings. The van der Waals surface area contributed by atoms with Gasteiger partial charge >= 0.3 is 0 Å². The van der Waals surface area contributed by atoms with Crippen LogP contribution in [0, 0.1) is 12.8 Å². The largest absolute Gasteiger partial charge is 0.327 e. The van der Waals surface area contributed by atoms with Crippen molar-refractivity contribution in [3.05, 3.63) is 29.8 Å². The second-order valence-corrected chi connectivity index (χ2v) is 7.38. The standard InChI is InChI=1S/C14H24N2O2S.ClH/c1-11(2)14(15)9-10-16(4)19(17,18)13-7-5-12(3)6-8-13;/h5-8,11,14H,9-10,15H2,1-4H3;1H. The molecule has 20 heavy (non-hydrogen) atoms. The van der Waals surface area contributed by atoms with Crippen molar-refractivity contribution in [2.24, 2.45) is 11.7 Å². The van der Waals surface area contributed by atoms with Gasteiger partial charge in [-0.2, -0.15) is 0 Å². The molecule has 116 valence electrons. The molecule has 1 aromatic carbocycles. The zero-order chi connectivity index (χ0) is 14.6. The third-order valence-corrected chi connectivity index (χ3v) is 5.23. The average molecular weight is 321 g/mol. The molecule has 2 N–H and O–H groups in total. The van der Waals surface area contributed by atoms with Crippen molar-refractivity contribution >= 4 is 22.4 Å². The molecule has 4 nitrogen and oxygen atoms in total. The van der Waals surface area contributed by atoms with Gasteiger partial charge in [0, 0.05) is 19.6 Å².